The first kappa shape index (κ1) is 12.3. The van der Waals surface area contributed by atoms with Crippen molar-refractivity contribution in [3.63, 3.8) is 0 Å². The Hall–Kier alpha value is -1.74. The number of para-hydroxylation sites is 1. The highest BCUT2D eigenvalue weighted by atomic mass is 79.9. The Labute approximate surface area is 120 Å². The third kappa shape index (κ3) is 2.51. The lowest BCUT2D eigenvalue weighted by atomic mass is 10.2. The van der Waals surface area contributed by atoms with Gasteiger partial charge in [0.15, 0.2) is 0 Å². The van der Waals surface area contributed by atoms with Crippen LogP contribution in [-0.2, 0) is 13.7 Å². The van der Waals surface area contributed by atoms with Gasteiger partial charge in [0.2, 0.25) is 0 Å². The van der Waals surface area contributed by atoms with Gasteiger partial charge in [-0.2, -0.15) is 0 Å². The molecule has 0 radical (unpaired) electrons. The smallest absolute Gasteiger partial charge is 0.128 e. The molecular weight excluding hydrogens is 302 g/mol. The van der Waals surface area contributed by atoms with E-state index >= 15 is 0 Å². The molecular formula is C16H14BrNO. The summed E-state index contributed by atoms with van der Waals surface area (Å²) in [7, 11) is 2.07. The van der Waals surface area contributed by atoms with Crippen LogP contribution in [0.15, 0.2) is 59.1 Å². The molecule has 0 saturated carbocycles. The zero-order chi connectivity index (χ0) is 13.2. The van der Waals surface area contributed by atoms with Gasteiger partial charge in [0.25, 0.3) is 0 Å². The SMILES string of the molecule is Cn1c(COc2ccccc2)cc2cc(Br)ccc21. The van der Waals surface area contributed by atoms with Crippen LogP contribution in [0.25, 0.3) is 10.9 Å². The number of halogens is 1. The Bertz CT molecular complexity index is 703. The van der Waals surface area contributed by atoms with Crippen LogP contribution in [0.3, 0.4) is 0 Å². The van der Waals surface area contributed by atoms with Gasteiger partial charge in [-0.1, -0.05) is 34.1 Å². The zero-order valence-electron chi connectivity index (χ0n) is 10.6. The van der Waals surface area contributed by atoms with E-state index in [2.05, 4.69) is 51.8 Å². The minimum absolute atomic E-state index is 0.576. The second kappa shape index (κ2) is 5.10. The van der Waals surface area contributed by atoms with Crippen molar-refractivity contribution in [2.24, 2.45) is 7.05 Å². The second-order valence-corrected chi connectivity index (χ2v) is 5.42. The number of hydrogen-bond acceptors (Lipinski definition) is 1. The zero-order valence-corrected chi connectivity index (χ0v) is 12.2. The molecule has 19 heavy (non-hydrogen) atoms. The average Bonchev–Trinajstić information content (AvgIpc) is 2.74. The van der Waals surface area contributed by atoms with Gasteiger partial charge in [0.05, 0.1) is 5.69 Å². The maximum absolute atomic E-state index is 5.80. The number of hydrogen-bond donors (Lipinski definition) is 0. The molecule has 3 aromatic rings. The van der Waals surface area contributed by atoms with E-state index in [-0.39, 0.29) is 0 Å². The number of rotatable bonds is 3. The molecule has 0 aliphatic carbocycles. The minimum Gasteiger partial charge on any atom is -0.487 e. The van der Waals surface area contributed by atoms with E-state index in [4.69, 9.17) is 4.74 Å². The van der Waals surface area contributed by atoms with Crippen molar-refractivity contribution in [2.75, 3.05) is 0 Å². The standard InChI is InChI=1S/C16H14BrNO/c1-18-14(11-19-15-5-3-2-4-6-15)10-12-9-13(17)7-8-16(12)18/h2-10H,11H2,1H3. The Morgan fingerprint density at radius 3 is 2.63 bits per heavy atom. The first-order valence-electron chi connectivity index (χ1n) is 6.16. The first-order valence-corrected chi connectivity index (χ1v) is 6.95. The number of aromatic nitrogens is 1. The number of nitrogens with zero attached hydrogens (tertiary/aromatic N) is 1. The summed E-state index contributed by atoms with van der Waals surface area (Å²) in [4.78, 5) is 0. The topological polar surface area (TPSA) is 14.2 Å². The molecule has 1 aromatic heterocycles. The predicted octanol–water partition coefficient (Wildman–Crippen LogP) is 4.52. The van der Waals surface area contributed by atoms with E-state index in [1.807, 2.05) is 30.3 Å². The molecule has 0 unspecified atom stereocenters. The highest BCUT2D eigenvalue weighted by Crippen LogP contribution is 2.23. The summed E-state index contributed by atoms with van der Waals surface area (Å²) in [6, 6.07) is 18.4. The van der Waals surface area contributed by atoms with Crippen molar-refractivity contribution in [1.29, 1.82) is 0 Å². The Morgan fingerprint density at radius 1 is 1.05 bits per heavy atom. The summed E-state index contributed by atoms with van der Waals surface area (Å²) < 4.78 is 9.07. The minimum atomic E-state index is 0.576. The van der Waals surface area contributed by atoms with E-state index < -0.39 is 0 Å². The Kier molecular flexibility index (Phi) is 3.30. The van der Waals surface area contributed by atoms with Crippen LogP contribution in [-0.4, -0.2) is 4.57 Å². The van der Waals surface area contributed by atoms with Gasteiger partial charge in [0.1, 0.15) is 12.4 Å². The molecule has 0 aliphatic rings. The van der Waals surface area contributed by atoms with E-state index in [0.29, 0.717) is 6.61 Å². The fourth-order valence-corrected chi connectivity index (χ4v) is 2.57. The highest BCUT2D eigenvalue weighted by Gasteiger charge is 2.06. The van der Waals surface area contributed by atoms with Crippen LogP contribution in [0.5, 0.6) is 5.75 Å². The largest absolute Gasteiger partial charge is 0.487 e. The molecule has 0 aliphatic heterocycles. The third-order valence-electron chi connectivity index (χ3n) is 3.23. The molecule has 0 bridgehead atoms. The summed E-state index contributed by atoms with van der Waals surface area (Å²) in [5, 5.41) is 1.23. The molecule has 0 atom stereocenters. The van der Waals surface area contributed by atoms with Crippen molar-refractivity contribution in [2.45, 2.75) is 6.61 Å². The van der Waals surface area contributed by atoms with E-state index in [1.165, 1.54) is 10.9 Å². The van der Waals surface area contributed by atoms with Crippen molar-refractivity contribution < 1.29 is 4.74 Å². The average molecular weight is 316 g/mol. The lowest BCUT2D eigenvalue weighted by Gasteiger charge is -2.07. The normalized spacial score (nSPS) is 10.8. The molecule has 2 nitrogen and oxygen atoms in total. The van der Waals surface area contributed by atoms with Gasteiger partial charge in [-0.15, -0.1) is 0 Å². The lowest BCUT2D eigenvalue weighted by molar-refractivity contribution is 0.298. The number of benzene rings is 2. The molecule has 1 heterocycles. The van der Waals surface area contributed by atoms with Crippen LogP contribution in [0.4, 0.5) is 0 Å². The number of ether oxygens (including phenoxy) is 1. The molecule has 0 spiro atoms. The van der Waals surface area contributed by atoms with Crippen molar-refractivity contribution in [3.05, 3.63) is 64.8 Å². The van der Waals surface area contributed by atoms with E-state index in [0.717, 1.165) is 15.9 Å². The molecule has 0 amide bonds. The molecule has 3 rings (SSSR count). The van der Waals surface area contributed by atoms with Crippen LogP contribution >= 0.6 is 15.9 Å². The molecule has 0 saturated heterocycles. The fourth-order valence-electron chi connectivity index (χ4n) is 2.19. The first-order chi connectivity index (χ1) is 9.24. The summed E-state index contributed by atoms with van der Waals surface area (Å²) in [5.41, 5.74) is 2.38. The third-order valence-corrected chi connectivity index (χ3v) is 3.73. The van der Waals surface area contributed by atoms with Gasteiger partial charge in [-0.05, 0) is 36.4 Å². The monoisotopic (exact) mass is 315 g/mol. The van der Waals surface area contributed by atoms with E-state index in [9.17, 15) is 0 Å². The van der Waals surface area contributed by atoms with Gasteiger partial charge < -0.3 is 9.30 Å². The number of fused-ring (bicyclic) bond motifs is 1. The Balaban J connectivity index is 1.87. The summed E-state index contributed by atoms with van der Waals surface area (Å²) in [6.45, 7) is 0.576. The van der Waals surface area contributed by atoms with Crippen molar-refractivity contribution in [3.8, 4) is 5.75 Å². The van der Waals surface area contributed by atoms with E-state index in [1.54, 1.807) is 0 Å². The molecule has 2 aromatic carbocycles. The van der Waals surface area contributed by atoms with Gasteiger partial charge in [-0.25, -0.2) is 0 Å². The van der Waals surface area contributed by atoms with Gasteiger partial charge >= 0.3 is 0 Å². The molecule has 0 fully saturated rings. The maximum Gasteiger partial charge on any atom is 0.128 e. The maximum atomic E-state index is 5.80. The summed E-state index contributed by atoms with van der Waals surface area (Å²) in [5.74, 6) is 0.897. The quantitative estimate of drug-likeness (QED) is 0.693. The van der Waals surface area contributed by atoms with Gasteiger partial charge in [-0.3, -0.25) is 0 Å². The van der Waals surface area contributed by atoms with Gasteiger partial charge in [0, 0.05) is 22.4 Å². The Morgan fingerprint density at radius 2 is 1.84 bits per heavy atom. The van der Waals surface area contributed by atoms with Crippen LogP contribution in [0.2, 0.25) is 0 Å². The second-order valence-electron chi connectivity index (χ2n) is 4.50. The van der Waals surface area contributed by atoms with Crippen molar-refractivity contribution >= 4 is 26.8 Å². The molecule has 96 valence electrons. The fraction of sp³-hybridized carbons (Fsp3) is 0.125. The molecule has 0 N–H and O–H groups in total. The summed E-state index contributed by atoms with van der Waals surface area (Å²) in [6.07, 6.45) is 0. The van der Waals surface area contributed by atoms with Crippen LogP contribution in [0.1, 0.15) is 5.69 Å². The highest BCUT2D eigenvalue weighted by molar-refractivity contribution is 9.10. The number of aryl methyl sites for hydroxylation is 1. The lowest BCUT2D eigenvalue weighted by Crippen LogP contribution is -2.01. The predicted molar refractivity (Wildman–Crippen MR) is 81.4 cm³/mol. The van der Waals surface area contributed by atoms with Crippen LogP contribution < -0.4 is 4.74 Å². The molecule has 3 heteroatoms. The van der Waals surface area contributed by atoms with Crippen LogP contribution in [0, 0.1) is 0 Å². The summed E-state index contributed by atoms with van der Waals surface area (Å²) >= 11 is 3.50. The van der Waals surface area contributed by atoms with Crippen molar-refractivity contribution in [1.82, 2.24) is 4.57 Å².